The summed E-state index contributed by atoms with van der Waals surface area (Å²) in [5.74, 6) is 0.257. The molecule has 0 aromatic heterocycles. The van der Waals surface area contributed by atoms with Crippen molar-refractivity contribution in [3.05, 3.63) is 29.3 Å². The number of benzene rings is 1. The molecule has 1 unspecified atom stereocenters. The van der Waals surface area contributed by atoms with Crippen LogP contribution in [0.4, 0.5) is 5.69 Å². The molecule has 20 heavy (non-hydrogen) atoms. The van der Waals surface area contributed by atoms with Gasteiger partial charge in [-0.3, -0.25) is 9.59 Å². The van der Waals surface area contributed by atoms with Gasteiger partial charge in [0, 0.05) is 24.7 Å². The van der Waals surface area contributed by atoms with Crippen LogP contribution in [0.5, 0.6) is 0 Å². The zero-order valence-electron chi connectivity index (χ0n) is 11.8. The molecule has 0 spiro atoms. The predicted molar refractivity (Wildman–Crippen MR) is 78.1 cm³/mol. The molecule has 1 aromatic rings. The fraction of sp³-hybridized carbons (Fsp3) is 0.500. The van der Waals surface area contributed by atoms with Gasteiger partial charge in [-0.2, -0.15) is 0 Å². The fourth-order valence-corrected chi connectivity index (χ4v) is 3.19. The number of aryl methyl sites for hydroxylation is 1. The third-order valence-corrected chi connectivity index (χ3v) is 4.24. The van der Waals surface area contributed by atoms with E-state index in [0.29, 0.717) is 0 Å². The normalized spacial score (nSPS) is 21.6. The highest BCUT2D eigenvalue weighted by atomic mass is 16.2. The van der Waals surface area contributed by atoms with Gasteiger partial charge in [-0.1, -0.05) is 0 Å². The second-order valence-electron chi connectivity index (χ2n) is 5.63. The number of nitrogens with one attached hydrogen (secondary N) is 1. The standard InChI is InChI=1S/C16H20N2O2/c1-11(19)18-9-3-4-12-10-13(6-7-15(12)18)16(20)14-5-2-8-17-14/h6-7,10,14,17H,2-5,8-9H2,1H3. The number of Topliss-reactive ketones (excluding diaryl/α,β-unsaturated/α-hetero) is 1. The molecule has 2 aliphatic rings. The number of carbonyl (C=O) groups excluding carboxylic acids is 2. The second-order valence-corrected chi connectivity index (χ2v) is 5.63. The number of hydrogen-bond donors (Lipinski definition) is 1. The van der Waals surface area contributed by atoms with Crippen molar-refractivity contribution < 1.29 is 9.59 Å². The lowest BCUT2D eigenvalue weighted by Gasteiger charge is -2.29. The number of rotatable bonds is 2. The molecule has 0 bridgehead atoms. The first-order valence-corrected chi connectivity index (χ1v) is 7.35. The van der Waals surface area contributed by atoms with E-state index in [1.165, 1.54) is 0 Å². The first-order chi connectivity index (χ1) is 9.66. The Labute approximate surface area is 119 Å². The number of anilines is 1. The lowest BCUT2D eigenvalue weighted by molar-refractivity contribution is -0.116. The summed E-state index contributed by atoms with van der Waals surface area (Å²) >= 11 is 0. The van der Waals surface area contributed by atoms with E-state index in [9.17, 15) is 9.59 Å². The van der Waals surface area contributed by atoms with Crippen LogP contribution < -0.4 is 10.2 Å². The van der Waals surface area contributed by atoms with Crippen molar-refractivity contribution in [3.8, 4) is 0 Å². The summed E-state index contributed by atoms with van der Waals surface area (Å²) in [7, 11) is 0. The first-order valence-electron chi connectivity index (χ1n) is 7.35. The van der Waals surface area contributed by atoms with E-state index in [0.717, 1.165) is 55.6 Å². The molecule has 1 N–H and O–H groups in total. The zero-order valence-corrected chi connectivity index (χ0v) is 11.8. The molecule has 0 aliphatic carbocycles. The van der Waals surface area contributed by atoms with Gasteiger partial charge >= 0.3 is 0 Å². The van der Waals surface area contributed by atoms with Gasteiger partial charge in [-0.25, -0.2) is 0 Å². The Morgan fingerprint density at radius 3 is 2.85 bits per heavy atom. The molecule has 2 aliphatic heterocycles. The molecule has 4 nitrogen and oxygen atoms in total. The summed E-state index contributed by atoms with van der Waals surface area (Å²) in [6.07, 6.45) is 3.90. The van der Waals surface area contributed by atoms with Crippen molar-refractivity contribution in [1.82, 2.24) is 5.32 Å². The molecule has 1 saturated heterocycles. The van der Waals surface area contributed by atoms with Gasteiger partial charge in [-0.15, -0.1) is 0 Å². The van der Waals surface area contributed by atoms with Crippen molar-refractivity contribution in [2.24, 2.45) is 0 Å². The molecule has 1 fully saturated rings. The molecule has 0 radical (unpaired) electrons. The predicted octanol–water partition coefficient (Wildman–Crippen LogP) is 1.92. The number of nitrogens with zero attached hydrogens (tertiary/aromatic N) is 1. The lowest BCUT2D eigenvalue weighted by atomic mass is 9.95. The van der Waals surface area contributed by atoms with Crippen molar-refractivity contribution in [3.63, 3.8) is 0 Å². The number of fused-ring (bicyclic) bond motifs is 1. The van der Waals surface area contributed by atoms with Crippen molar-refractivity contribution in [2.75, 3.05) is 18.0 Å². The topological polar surface area (TPSA) is 49.4 Å². The highest BCUT2D eigenvalue weighted by Crippen LogP contribution is 2.29. The molecule has 0 saturated carbocycles. The van der Waals surface area contributed by atoms with Gasteiger partial charge in [0.25, 0.3) is 0 Å². The average Bonchev–Trinajstić information content (AvgIpc) is 2.99. The number of hydrogen-bond acceptors (Lipinski definition) is 3. The maximum atomic E-state index is 12.4. The minimum Gasteiger partial charge on any atom is -0.312 e. The van der Waals surface area contributed by atoms with Crippen molar-refractivity contribution in [2.45, 2.75) is 38.6 Å². The van der Waals surface area contributed by atoms with E-state index in [-0.39, 0.29) is 17.7 Å². The van der Waals surface area contributed by atoms with E-state index in [1.807, 2.05) is 18.2 Å². The number of ketones is 1. The molecule has 2 heterocycles. The van der Waals surface area contributed by atoms with Gasteiger partial charge in [0.2, 0.25) is 5.91 Å². The summed E-state index contributed by atoms with van der Waals surface area (Å²) in [6.45, 7) is 3.30. The Morgan fingerprint density at radius 1 is 1.30 bits per heavy atom. The summed E-state index contributed by atoms with van der Waals surface area (Å²) in [6, 6.07) is 5.74. The first kappa shape index (κ1) is 13.3. The third-order valence-electron chi connectivity index (χ3n) is 4.24. The van der Waals surface area contributed by atoms with Crippen molar-refractivity contribution in [1.29, 1.82) is 0 Å². The maximum Gasteiger partial charge on any atom is 0.223 e. The van der Waals surface area contributed by atoms with Gasteiger partial charge in [0.1, 0.15) is 0 Å². The molecule has 106 valence electrons. The van der Waals surface area contributed by atoms with Crippen LogP contribution in [0.15, 0.2) is 18.2 Å². The summed E-state index contributed by atoms with van der Waals surface area (Å²) in [4.78, 5) is 25.9. The van der Waals surface area contributed by atoms with E-state index in [1.54, 1.807) is 11.8 Å². The van der Waals surface area contributed by atoms with Crippen LogP contribution in [0.3, 0.4) is 0 Å². The molecule has 1 atom stereocenters. The molecule has 1 aromatic carbocycles. The molecule has 4 heteroatoms. The largest absolute Gasteiger partial charge is 0.312 e. The van der Waals surface area contributed by atoms with Crippen LogP contribution in [0.2, 0.25) is 0 Å². The monoisotopic (exact) mass is 272 g/mol. The van der Waals surface area contributed by atoms with Gasteiger partial charge in [0.15, 0.2) is 5.78 Å². The summed E-state index contributed by atoms with van der Waals surface area (Å²) < 4.78 is 0. The zero-order chi connectivity index (χ0) is 14.1. The van der Waals surface area contributed by atoms with Crippen LogP contribution in [0.25, 0.3) is 0 Å². The Bertz CT molecular complexity index is 547. The molecule has 1 amide bonds. The second kappa shape index (κ2) is 5.37. The van der Waals surface area contributed by atoms with Crippen LogP contribution in [-0.4, -0.2) is 30.8 Å². The van der Waals surface area contributed by atoms with Gasteiger partial charge in [-0.05, 0) is 56.0 Å². The van der Waals surface area contributed by atoms with E-state index >= 15 is 0 Å². The average molecular weight is 272 g/mol. The Morgan fingerprint density at radius 2 is 2.15 bits per heavy atom. The van der Waals surface area contributed by atoms with Crippen LogP contribution >= 0.6 is 0 Å². The van der Waals surface area contributed by atoms with Gasteiger partial charge in [0.05, 0.1) is 6.04 Å². The minimum atomic E-state index is -0.0273. The third kappa shape index (κ3) is 2.36. The lowest BCUT2D eigenvalue weighted by Crippen LogP contribution is -2.34. The Kier molecular flexibility index (Phi) is 3.57. The smallest absolute Gasteiger partial charge is 0.223 e. The van der Waals surface area contributed by atoms with Crippen LogP contribution in [0.1, 0.15) is 42.1 Å². The molecular weight excluding hydrogens is 252 g/mol. The Balaban J connectivity index is 1.89. The number of carbonyl (C=O) groups is 2. The number of amides is 1. The SMILES string of the molecule is CC(=O)N1CCCc2cc(C(=O)C3CCCN3)ccc21. The molecule has 3 rings (SSSR count). The summed E-state index contributed by atoms with van der Waals surface area (Å²) in [5, 5.41) is 3.25. The highest BCUT2D eigenvalue weighted by Gasteiger charge is 2.25. The van der Waals surface area contributed by atoms with Crippen LogP contribution in [0, 0.1) is 0 Å². The highest BCUT2D eigenvalue weighted by molar-refractivity contribution is 6.01. The van der Waals surface area contributed by atoms with Gasteiger partial charge < -0.3 is 10.2 Å². The van der Waals surface area contributed by atoms with E-state index in [4.69, 9.17) is 0 Å². The quantitative estimate of drug-likeness (QED) is 0.837. The minimum absolute atomic E-state index is 0.0273. The van der Waals surface area contributed by atoms with E-state index < -0.39 is 0 Å². The molecular formula is C16H20N2O2. The van der Waals surface area contributed by atoms with Crippen molar-refractivity contribution >= 4 is 17.4 Å². The Hall–Kier alpha value is -1.68. The van der Waals surface area contributed by atoms with Crippen LogP contribution in [-0.2, 0) is 11.2 Å². The fourth-order valence-electron chi connectivity index (χ4n) is 3.19. The maximum absolute atomic E-state index is 12.4. The summed E-state index contributed by atoms with van der Waals surface area (Å²) in [5.41, 5.74) is 2.86. The van der Waals surface area contributed by atoms with E-state index in [2.05, 4.69) is 5.32 Å².